The van der Waals surface area contributed by atoms with Gasteiger partial charge in [0.2, 0.25) is 0 Å². The molecule has 5 heteroatoms. The molecule has 1 aromatic carbocycles. The smallest absolute Gasteiger partial charge is 0.292 e. The lowest BCUT2D eigenvalue weighted by molar-refractivity contribution is -0.384. The molecule has 0 unspecified atom stereocenters. The summed E-state index contributed by atoms with van der Waals surface area (Å²) < 4.78 is 0. The first kappa shape index (κ1) is 12.8. The number of rotatable bonds is 3. The molecular formula is C13H19N3O2. The Kier molecular flexibility index (Phi) is 3.81. The van der Waals surface area contributed by atoms with Gasteiger partial charge in [-0.1, -0.05) is 12.1 Å². The Morgan fingerprint density at radius 2 is 2.06 bits per heavy atom. The van der Waals surface area contributed by atoms with Crippen LogP contribution >= 0.6 is 0 Å². The lowest BCUT2D eigenvalue weighted by Gasteiger charge is -2.30. The highest BCUT2D eigenvalue weighted by atomic mass is 16.6. The minimum absolute atomic E-state index is 0.175. The molecule has 1 aromatic rings. The standard InChI is InChI=1S/C13H19N3O2/c1-10-4-3-5-12(16(17)18)13(10)14-11-6-8-15(2)9-7-11/h3-5,11,14H,6-9H2,1-2H3. The maximum Gasteiger partial charge on any atom is 0.292 e. The predicted molar refractivity (Wildman–Crippen MR) is 72.0 cm³/mol. The average molecular weight is 249 g/mol. The maximum atomic E-state index is 11.0. The second-order valence-electron chi connectivity index (χ2n) is 4.95. The van der Waals surface area contributed by atoms with Gasteiger partial charge in [-0.05, 0) is 45.5 Å². The molecule has 0 aromatic heterocycles. The number of hydrogen-bond acceptors (Lipinski definition) is 4. The van der Waals surface area contributed by atoms with Crippen LogP contribution in [0.2, 0.25) is 0 Å². The number of nitro benzene ring substituents is 1. The minimum Gasteiger partial charge on any atom is -0.376 e. The average Bonchev–Trinajstić information content (AvgIpc) is 2.34. The van der Waals surface area contributed by atoms with Crippen molar-refractivity contribution in [1.82, 2.24) is 4.90 Å². The third-order valence-electron chi connectivity index (χ3n) is 3.51. The van der Waals surface area contributed by atoms with Crippen molar-refractivity contribution in [3.05, 3.63) is 33.9 Å². The van der Waals surface area contributed by atoms with Gasteiger partial charge in [0.05, 0.1) is 4.92 Å². The lowest BCUT2D eigenvalue weighted by Crippen LogP contribution is -2.36. The highest BCUT2D eigenvalue weighted by Gasteiger charge is 2.21. The van der Waals surface area contributed by atoms with E-state index >= 15 is 0 Å². The number of benzene rings is 1. The van der Waals surface area contributed by atoms with E-state index in [9.17, 15) is 10.1 Å². The van der Waals surface area contributed by atoms with Crippen molar-refractivity contribution < 1.29 is 4.92 Å². The summed E-state index contributed by atoms with van der Waals surface area (Å²) in [6.07, 6.45) is 2.06. The Labute approximate surface area is 107 Å². The Bertz CT molecular complexity index is 440. The van der Waals surface area contributed by atoms with Crippen molar-refractivity contribution in [3.63, 3.8) is 0 Å². The number of nitrogens with one attached hydrogen (secondary N) is 1. The van der Waals surface area contributed by atoms with Gasteiger partial charge < -0.3 is 10.2 Å². The van der Waals surface area contributed by atoms with Gasteiger partial charge in [0.1, 0.15) is 5.69 Å². The molecule has 0 amide bonds. The van der Waals surface area contributed by atoms with Crippen molar-refractivity contribution in [2.24, 2.45) is 0 Å². The van der Waals surface area contributed by atoms with E-state index in [1.54, 1.807) is 12.1 Å². The summed E-state index contributed by atoms with van der Waals surface area (Å²) in [6.45, 7) is 3.99. The molecule has 18 heavy (non-hydrogen) atoms. The predicted octanol–water partition coefficient (Wildman–Crippen LogP) is 2.41. The van der Waals surface area contributed by atoms with Gasteiger partial charge in [-0.15, -0.1) is 0 Å². The summed E-state index contributed by atoms with van der Waals surface area (Å²) in [5, 5.41) is 14.4. The summed E-state index contributed by atoms with van der Waals surface area (Å²) in [5.41, 5.74) is 1.79. The molecule has 1 aliphatic heterocycles. The molecule has 0 atom stereocenters. The van der Waals surface area contributed by atoms with Gasteiger partial charge in [-0.2, -0.15) is 0 Å². The number of likely N-dealkylation sites (tertiary alicyclic amines) is 1. The van der Waals surface area contributed by atoms with E-state index in [0.717, 1.165) is 31.5 Å². The number of hydrogen-bond donors (Lipinski definition) is 1. The van der Waals surface area contributed by atoms with E-state index in [1.807, 2.05) is 13.0 Å². The van der Waals surface area contributed by atoms with E-state index in [4.69, 9.17) is 0 Å². The third kappa shape index (κ3) is 2.79. The summed E-state index contributed by atoms with van der Waals surface area (Å²) in [4.78, 5) is 13.0. The zero-order valence-electron chi connectivity index (χ0n) is 10.8. The largest absolute Gasteiger partial charge is 0.376 e. The molecule has 1 fully saturated rings. The molecule has 98 valence electrons. The molecule has 1 heterocycles. The van der Waals surface area contributed by atoms with Crippen LogP contribution in [-0.2, 0) is 0 Å². The number of nitrogens with zero attached hydrogens (tertiary/aromatic N) is 2. The first-order valence-electron chi connectivity index (χ1n) is 6.27. The van der Waals surface area contributed by atoms with Crippen LogP contribution in [0.4, 0.5) is 11.4 Å². The third-order valence-corrected chi connectivity index (χ3v) is 3.51. The van der Waals surface area contributed by atoms with Gasteiger partial charge >= 0.3 is 0 Å². The van der Waals surface area contributed by atoms with Crippen molar-refractivity contribution in [2.45, 2.75) is 25.8 Å². The Morgan fingerprint density at radius 1 is 1.39 bits per heavy atom. The van der Waals surface area contributed by atoms with Gasteiger partial charge in [-0.3, -0.25) is 10.1 Å². The number of anilines is 1. The highest BCUT2D eigenvalue weighted by molar-refractivity contribution is 5.66. The van der Waals surface area contributed by atoms with Crippen LogP contribution in [0.25, 0.3) is 0 Å². The Balaban J connectivity index is 2.15. The van der Waals surface area contributed by atoms with E-state index in [0.29, 0.717) is 11.7 Å². The van der Waals surface area contributed by atoms with E-state index in [2.05, 4.69) is 17.3 Å². The molecule has 1 N–H and O–H groups in total. The molecule has 0 bridgehead atoms. The monoisotopic (exact) mass is 249 g/mol. The topological polar surface area (TPSA) is 58.4 Å². The fourth-order valence-electron chi connectivity index (χ4n) is 2.35. The van der Waals surface area contributed by atoms with Gasteiger partial charge in [-0.25, -0.2) is 0 Å². The first-order valence-corrected chi connectivity index (χ1v) is 6.27. The minimum atomic E-state index is -0.315. The van der Waals surface area contributed by atoms with E-state index in [1.165, 1.54) is 0 Å². The van der Waals surface area contributed by atoms with Crippen LogP contribution in [0, 0.1) is 17.0 Å². The van der Waals surface area contributed by atoms with Crippen LogP contribution in [0.5, 0.6) is 0 Å². The maximum absolute atomic E-state index is 11.0. The highest BCUT2D eigenvalue weighted by Crippen LogP contribution is 2.29. The van der Waals surface area contributed by atoms with Crippen molar-refractivity contribution in [3.8, 4) is 0 Å². The van der Waals surface area contributed by atoms with Gasteiger partial charge in [0.15, 0.2) is 0 Å². The lowest BCUT2D eigenvalue weighted by atomic mass is 10.0. The quantitative estimate of drug-likeness (QED) is 0.660. The molecule has 0 aliphatic carbocycles. The molecule has 1 aliphatic rings. The summed E-state index contributed by atoms with van der Waals surface area (Å²) in [6, 6.07) is 5.53. The van der Waals surface area contributed by atoms with Crippen molar-refractivity contribution in [2.75, 3.05) is 25.5 Å². The molecule has 5 nitrogen and oxygen atoms in total. The number of aryl methyl sites for hydroxylation is 1. The molecule has 2 rings (SSSR count). The van der Waals surface area contributed by atoms with Crippen molar-refractivity contribution >= 4 is 11.4 Å². The normalized spacial score (nSPS) is 17.7. The summed E-state index contributed by atoms with van der Waals surface area (Å²) in [7, 11) is 2.10. The summed E-state index contributed by atoms with van der Waals surface area (Å²) >= 11 is 0. The van der Waals surface area contributed by atoms with Gasteiger partial charge in [0.25, 0.3) is 5.69 Å². The van der Waals surface area contributed by atoms with Crippen LogP contribution in [0.15, 0.2) is 18.2 Å². The van der Waals surface area contributed by atoms with Crippen molar-refractivity contribution in [1.29, 1.82) is 0 Å². The Morgan fingerprint density at radius 3 is 2.67 bits per heavy atom. The molecule has 0 spiro atoms. The van der Waals surface area contributed by atoms with Crippen LogP contribution in [0.1, 0.15) is 18.4 Å². The Hall–Kier alpha value is -1.62. The molecular weight excluding hydrogens is 230 g/mol. The number of para-hydroxylation sites is 1. The number of piperidine rings is 1. The number of nitro groups is 1. The summed E-state index contributed by atoms with van der Waals surface area (Å²) in [5.74, 6) is 0. The molecule has 1 saturated heterocycles. The van der Waals surface area contributed by atoms with Gasteiger partial charge in [0, 0.05) is 12.1 Å². The molecule has 0 radical (unpaired) electrons. The zero-order valence-corrected chi connectivity index (χ0v) is 10.8. The van der Waals surface area contributed by atoms with Crippen LogP contribution < -0.4 is 5.32 Å². The fourth-order valence-corrected chi connectivity index (χ4v) is 2.35. The van der Waals surface area contributed by atoms with Crippen LogP contribution in [0.3, 0.4) is 0 Å². The first-order chi connectivity index (χ1) is 8.58. The fraction of sp³-hybridized carbons (Fsp3) is 0.538. The molecule has 0 saturated carbocycles. The second kappa shape index (κ2) is 5.35. The SMILES string of the molecule is Cc1cccc([N+](=O)[O-])c1NC1CCN(C)CC1. The van der Waals surface area contributed by atoms with E-state index < -0.39 is 0 Å². The van der Waals surface area contributed by atoms with Crippen LogP contribution in [-0.4, -0.2) is 36.0 Å². The zero-order chi connectivity index (χ0) is 13.1. The van der Waals surface area contributed by atoms with E-state index in [-0.39, 0.29) is 10.6 Å². The second-order valence-corrected chi connectivity index (χ2v) is 4.95.